The zero-order valence-electron chi connectivity index (χ0n) is 11.6. The van der Waals surface area contributed by atoms with Crippen LogP contribution in [0.2, 0.25) is 0 Å². The maximum Gasteiger partial charge on any atom is 0.128 e. The second-order valence-corrected chi connectivity index (χ2v) is 5.35. The molecule has 0 aromatic carbocycles. The first-order valence-electron chi connectivity index (χ1n) is 6.32. The van der Waals surface area contributed by atoms with Crippen LogP contribution in [0.4, 0.5) is 5.82 Å². The second-order valence-electron chi connectivity index (χ2n) is 5.35. The van der Waals surface area contributed by atoms with E-state index in [4.69, 9.17) is 14.7 Å². The smallest absolute Gasteiger partial charge is 0.128 e. The van der Waals surface area contributed by atoms with E-state index < -0.39 is 0 Å². The van der Waals surface area contributed by atoms with E-state index in [0.717, 1.165) is 18.9 Å². The minimum Gasteiger partial charge on any atom is -0.382 e. The van der Waals surface area contributed by atoms with Gasteiger partial charge in [0.15, 0.2) is 0 Å². The van der Waals surface area contributed by atoms with E-state index in [9.17, 15) is 0 Å². The minimum atomic E-state index is -0.239. The second kappa shape index (κ2) is 5.55. The molecule has 1 aromatic heterocycles. The van der Waals surface area contributed by atoms with E-state index in [1.54, 1.807) is 19.4 Å². The summed E-state index contributed by atoms with van der Waals surface area (Å²) in [7, 11) is 1.68. The van der Waals surface area contributed by atoms with Crippen molar-refractivity contribution in [2.75, 3.05) is 31.7 Å². The fraction of sp³-hybridized carbons (Fsp3) is 0.571. The van der Waals surface area contributed by atoms with Crippen LogP contribution in [-0.2, 0) is 9.47 Å². The number of hydrogen-bond donors (Lipinski definition) is 0. The molecule has 1 aliphatic rings. The third-order valence-electron chi connectivity index (χ3n) is 3.03. The van der Waals surface area contributed by atoms with Crippen molar-refractivity contribution in [3.63, 3.8) is 0 Å². The van der Waals surface area contributed by atoms with Crippen molar-refractivity contribution in [3.05, 3.63) is 23.9 Å². The number of nitrogens with zero attached hydrogens (tertiary/aromatic N) is 3. The summed E-state index contributed by atoms with van der Waals surface area (Å²) in [6.45, 7) is 6.20. The molecule has 1 saturated heterocycles. The summed E-state index contributed by atoms with van der Waals surface area (Å²) in [6, 6.07) is 5.74. The molecule has 2 heterocycles. The summed E-state index contributed by atoms with van der Waals surface area (Å²) in [5.74, 6) is 0.872. The molecule has 0 aliphatic carbocycles. The van der Waals surface area contributed by atoms with Crippen molar-refractivity contribution < 1.29 is 9.47 Å². The van der Waals surface area contributed by atoms with Crippen LogP contribution in [0.15, 0.2) is 18.3 Å². The third kappa shape index (κ3) is 3.43. The Balaban J connectivity index is 2.15. The van der Waals surface area contributed by atoms with Gasteiger partial charge in [0, 0.05) is 26.4 Å². The van der Waals surface area contributed by atoms with Gasteiger partial charge in [-0.15, -0.1) is 0 Å². The molecule has 102 valence electrons. The molecule has 1 fully saturated rings. The van der Waals surface area contributed by atoms with Gasteiger partial charge in [0.2, 0.25) is 0 Å². The van der Waals surface area contributed by atoms with Crippen molar-refractivity contribution in [1.82, 2.24) is 4.98 Å². The Morgan fingerprint density at radius 2 is 2.37 bits per heavy atom. The fourth-order valence-corrected chi connectivity index (χ4v) is 2.38. The van der Waals surface area contributed by atoms with Gasteiger partial charge in [-0.25, -0.2) is 4.98 Å². The van der Waals surface area contributed by atoms with Gasteiger partial charge < -0.3 is 14.4 Å². The number of hydrogen-bond acceptors (Lipinski definition) is 5. The van der Waals surface area contributed by atoms with Crippen molar-refractivity contribution in [2.45, 2.75) is 25.6 Å². The number of pyridine rings is 1. The molecule has 0 bridgehead atoms. The van der Waals surface area contributed by atoms with Gasteiger partial charge in [-0.05, 0) is 26.0 Å². The van der Waals surface area contributed by atoms with Gasteiger partial charge in [-0.2, -0.15) is 5.26 Å². The highest BCUT2D eigenvalue weighted by Gasteiger charge is 2.33. The first-order valence-corrected chi connectivity index (χ1v) is 6.32. The number of nitriles is 1. The van der Waals surface area contributed by atoms with Crippen molar-refractivity contribution in [2.24, 2.45) is 0 Å². The molecule has 0 N–H and O–H groups in total. The molecule has 0 unspecified atom stereocenters. The van der Waals surface area contributed by atoms with E-state index in [-0.39, 0.29) is 11.7 Å². The van der Waals surface area contributed by atoms with Crippen LogP contribution < -0.4 is 4.90 Å². The lowest BCUT2D eigenvalue weighted by Crippen LogP contribution is -2.54. The van der Waals surface area contributed by atoms with E-state index in [1.165, 1.54) is 0 Å². The SMILES string of the molecule is COC[C@H]1CN(c2ccc(C#N)cn2)CC(C)(C)O1. The van der Waals surface area contributed by atoms with Gasteiger partial charge in [-0.1, -0.05) is 0 Å². The van der Waals surface area contributed by atoms with Gasteiger partial charge in [0.1, 0.15) is 11.9 Å². The Hall–Kier alpha value is -1.64. The van der Waals surface area contributed by atoms with Crippen LogP contribution in [0.5, 0.6) is 0 Å². The predicted molar refractivity (Wildman–Crippen MR) is 72.0 cm³/mol. The fourth-order valence-electron chi connectivity index (χ4n) is 2.38. The highest BCUT2D eigenvalue weighted by molar-refractivity contribution is 5.42. The lowest BCUT2D eigenvalue weighted by molar-refractivity contribution is -0.106. The molecule has 1 aliphatic heterocycles. The maximum absolute atomic E-state index is 8.79. The van der Waals surface area contributed by atoms with Crippen LogP contribution >= 0.6 is 0 Å². The first kappa shape index (κ1) is 13.8. The summed E-state index contributed by atoms with van der Waals surface area (Å²) in [6.07, 6.45) is 1.63. The van der Waals surface area contributed by atoms with Crippen LogP contribution in [0.25, 0.3) is 0 Å². The summed E-state index contributed by atoms with van der Waals surface area (Å²) in [5.41, 5.74) is 0.335. The minimum absolute atomic E-state index is 0.0335. The Bertz CT molecular complexity index is 465. The maximum atomic E-state index is 8.79. The molecule has 2 rings (SSSR count). The van der Waals surface area contributed by atoms with E-state index in [2.05, 4.69) is 29.8 Å². The number of anilines is 1. The predicted octanol–water partition coefficient (Wildman–Crippen LogP) is 1.58. The lowest BCUT2D eigenvalue weighted by atomic mass is 10.1. The Morgan fingerprint density at radius 1 is 1.58 bits per heavy atom. The monoisotopic (exact) mass is 261 g/mol. The molecule has 0 radical (unpaired) electrons. The van der Waals surface area contributed by atoms with Crippen LogP contribution in [-0.4, -0.2) is 43.5 Å². The zero-order chi connectivity index (χ0) is 13.9. The van der Waals surface area contributed by atoms with Crippen molar-refractivity contribution >= 4 is 5.82 Å². The number of aromatic nitrogens is 1. The van der Waals surface area contributed by atoms with Gasteiger partial charge in [0.05, 0.1) is 23.9 Å². The van der Waals surface area contributed by atoms with Gasteiger partial charge in [-0.3, -0.25) is 0 Å². The Labute approximate surface area is 113 Å². The molecule has 0 amide bonds. The normalized spacial score (nSPS) is 22.0. The summed E-state index contributed by atoms with van der Waals surface area (Å²) < 4.78 is 11.1. The number of rotatable bonds is 3. The molecule has 5 heteroatoms. The van der Waals surface area contributed by atoms with Crippen molar-refractivity contribution in [3.8, 4) is 6.07 Å². The molecular formula is C14H19N3O2. The Kier molecular flexibility index (Phi) is 4.03. The molecule has 1 atom stereocenters. The van der Waals surface area contributed by atoms with Crippen LogP contribution in [0, 0.1) is 11.3 Å². The van der Waals surface area contributed by atoms with Gasteiger partial charge >= 0.3 is 0 Å². The zero-order valence-corrected chi connectivity index (χ0v) is 11.6. The summed E-state index contributed by atoms with van der Waals surface area (Å²) in [5, 5.41) is 8.79. The quantitative estimate of drug-likeness (QED) is 0.827. The molecule has 0 saturated carbocycles. The lowest BCUT2D eigenvalue weighted by Gasteiger charge is -2.43. The first-order chi connectivity index (χ1) is 9.04. The molecule has 5 nitrogen and oxygen atoms in total. The average Bonchev–Trinajstić information content (AvgIpc) is 2.37. The van der Waals surface area contributed by atoms with E-state index in [1.807, 2.05) is 6.07 Å². The van der Waals surface area contributed by atoms with E-state index >= 15 is 0 Å². The van der Waals surface area contributed by atoms with E-state index in [0.29, 0.717) is 12.2 Å². The third-order valence-corrected chi connectivity index (χ3v) is 3.03. The summed E-state index contributed by atoms with van der Waals surface area (Å²) in [4.78, 5) is 6.52. The Morgan fingerprint density at radius 3 is 2.95 bits per heavy atom. The number of morpholine rings is 1. The molecule has 19 heavy (non-hydrogen) atoms. The standard InChI is InChI=1S/C14H19N3O2/c1-14(2)10-17(8-12(19-14)9-18-3)13-5-4-11(6-15)7-16-13/h4-5,7,12H,8-10H2,1-3H3/t12-/m1/s1. The number of ether oxygens (including phenoxy) is 2. The highest BCUT2D eigenvalue weighted by atomic mass is 16.5. The molecule has 1 aromatic rings. The van der Waals surface area contributed by atoms with Gasteiger partial charge in [0.25, 0.3) is 0 Å². The van der Waals surface area contributed by atoms with Crippen molar-refractivity contribution in [1.29, 1.82) is 5.26 Å². The highest BCUT2D eigenvalue weighted by Crippen LogP contribution is 2.25. The number of methoxy groups -OCH3 is 1. The van der Waals surface area contributed by atoms with Crippen LogP contribution in [0.3, 0.4) is 0 Å². The van der Waals surface area contributed by atoms with Crippen LogP contribution in [0.1, 0.15) is 19.4 Å². The summed E-state index contributed by atoms with van der Waals surface area (Å²) >= 11 is 0. The molecule has 0 spiro atoms. The molecular weight excluding hydrogens is 242 g/mol. The topological polar surface area (TPSA) is 58.4 Å². The largest absolute Gasteiger partial charge is 0.382 e. The average molecular weight is 261 g/mol.